The topological polar surface area (TPSA) is 103 Å². The molecular formula is C19H24N2O6S. The second-order valence-corrected chi connectivity index (χ2v) is 8.08. The van der Waals surface area contributed by atoms with Gasteiger partial charge in [-0.05, 0) is 24.6 Å². The van der Waals surface area contributed by atoms with Crippen LogP contribution in [0.1, 0.15) is 5.56 Å². The average molecular weight is 408 g/mol. The minimum Gasteiger partial charge on any atom is -0.493 e. The molecule has 2 rings (SSSR count). The van der Waals surface area contributed by atoms with Crippen LogP contribution in [0.15, 0.2) is 35.2 Å². The summed E-state index contributed by atoms with van der Waals surface area (Å²) in [6.07, 6.45) is 1.14. The van der Waals surface area contributed by atoms with Crippen LogP contribution in [0.4, 0.5) is 11.4 Å². The van der Waals surface area contributed by atoms with Crippen molar-refractivity contribution in [2.75, 3.05) is 44.8 Å². The normalized spacial score (nSPS) is 10.9. The molecule has 0 aromatic heterocycles. The number of rotatable bonds is 8. The Morgan fingerprint density at radius 3 is 2.11 bits per heavy atom. The van der Waals surface area contributed by atoms with Gasteiger partial charge >= 0.3 is 0 Å². The van der Waals surface area contributed by atoms with Gasteiger partial charge in [-0.1, -0.05) is 6.07 Å². The van der Waals surface area contributed by atoms with Crippen molar-refractivity contribution in [2.24, 2.45) is 0 Å². The van der Waals surface area contributed by atoms with E-state index in [0.29, 0.717) is 28.6 Å². The van der Waals surface area contributed by atoms with Gasteiger partial charge in [0.15, 0.2) is 21.3 Å². The first-order chi connectivity index (χ1) is 13.2. The summed E-state index contributed by atoms with van der Waals surface area (Å²) in [5, 5.41) is 5.70. The SMILES string of the molecule is COc1cc(NC(=O)CNc2cc(S(C)(=O)=O)ccc2C)cc(OC)c1OC. The average Bonchev–Trinajstić information content (AvgIpc) is 2.65. The first-order valence-corrected chi connectivity index (χ1v) is 10.2. The molecule has 0 spiro atoms. The van der Waals surface area contributed by atoms with Gasteiger partial charge in [0.2, 0.25) is 11.7 Å². The molecule has 0 radical (unpaired) electrons. The van der Waals surface area contributed by atoms with Crippen LogP contribution in [0.3, 0.4) is 0 Å². The van der Waals surface area contributed by atoms with E-state index in [9.17, 15) is 13.2 Å². The van der Waals surface area contributed by atoms with Crippen molar-refractivity contribution >= 4 is 27.1 Å². The maximum atomic E-state index is 12.3. The number of amides is 1. The van der Waals surface area contributed by atoms with E-state index in [4.69, 9.17) is 14.2 Å². The van der Waals surface area contributed by atoms with Gasteiger partial charge in [-0.3, -0.25) is 4.79 Å². The Bertz CT molecular complexity index is 947. The summed E-state index contributed by atoms with van der Waals surface area (Å²) in [5.74, 6) is 0.941. The Balaban J connectivity index is 2.13. The Labute approximate surface area is 164 Å². The molecular weight excluding hydrogens is 384 g/mol. The lowest BCUT2D eigenvalue weighted by Gasteiger charge is -2.15. The van der Waals surface area contributed by atoms with Crippen molar-refractivity contribution in [3.05, 3.63) is 35.9 Å². The maximum Gasteiger partial charge on any atom is 0.243 e. The smallest absolute Gasteiger partial charge is 0.243 e. The van der Waals surface area contributed by atoms with Gasteiger partial charge in [0.1, 0.15) is 0 Å². The molecule has 0 aliphatic rings. The molecule has 0 fully saturated rings. The van der Waals surface area contributed by atoms with E-state index in [1.807, 2.05) is 6.92 Å². The van der Waals surface area contributed by atoms with Gasteiger partial charge in [-0.15, -0.1) is 0 Å². The van der Waals surface area contributed by atoms with Crippen LogP contribution in [0, 0.1) is 6.92 Å². The zero-order chi connectivity index (χ0) is 20.9. The largest absolute Gasteiger partial charge is 0.493 e. The van der Waals surface area contributed by atoms with Crippen molar-refractivity contribution in [1.82, 2.24) is 0 Å². The number of benzene rings is 2. The van der Waals surface area contributed by atoms with E-state index < -0.39 is 9.84 Å². The molecule has 0 saturated carbocycles. The molecule has 152 valence electrons. The lowest BCUT2D eigenvalue weighted by atomic mass is 10.2. The van der Waals surface area contributed by atoms with Crippen molar-refractivity contribution in [1.29, 1.82) is 0 Å². The summed E-state index contributed by atoms with van der Waals surface area (Å²) < 4.78 is 39.2. The number of carbonyl (C=O) groups is 1. The van der Waals surface area contributed by atoms with E-state index in [1.54, 1.807) is 18.2 Å². The van der Waals surface area contributed by atoms with Crippen molar-refractivity contribution in [3.63, 3.8) is 0 Å². The summed E-state index contributed by atoms with van der Waals surface area (Å²) in [4.78, 5) is 12.5. The van der Waals surface area contributed by atoms with Crippen LogP contribution in [0.5, 0.6) is 17.2 Å². The van der Waals surface area contributed by atoms with Gasteiger partial charge in [0, 0.05) is 29.8 Å². The molecule has 2 aromatic rings. The highest BCUT2D eigenvalue weighted by molar-refractivity contribution is 7.90. The molecule has 0 aliphatic heterocycles. The molecule has 0 heterocycles. The molecule has 0 atom stereocenters. The monoisotopic (exact) mass is 408 g/mol. The number of anilines is 2. The van der Waals surface area contributed by atoms with Crippen molar-refractivity contribution < 1.29 is 27.4 Å². The van der Waals surface area contributed by atoms with E-state index in [0.717, 1.165) is 11.8 Å². The number of ether oxygens (including phenoxy) is 3. The third-order valence-electron chi connectivity index (χ3n) is 4.03. The van der Waals surface area contributed by atoms with E-state index in [2.05, 4.69) is 10.6 Å². The quantitative estimate of drug-likeness (QED) is 0.692. The fraction of sp³-hybridized carbons (Fsp3) is 0.316. The third kappa shape index (κ3) is 5.07. The molecule has 1 amide bonds. The highest BCUT2D eigenvalue weighted by Crippen LogP contribution is 2.39. The number of nitrogens with one attached hydrogen (secondary N) is 2. The first-order valence-electron chi connectivity index (χ1n) is 8.34. The van der Waals surface area contributed by atoms with Crippen LogP contribution >= 0.6 is 0 Å². The number of hydrogen-bond donors (Lipinski definition) is 2. The highest BCUT2D eigenvalue weighted by Gasteiger charge is 2.15. The van der Waals surface area contributed by atoms with E-state index in [-0.39, 0.29) is 17.3 Å². The Morgan fingerprint density at radius 1 is 1.00 bits per heavy atom. The van der Waals surface area contributed by atoms with Gasteiger partial charge < -0.3 is 24.8 Å². The third-order valence-corrected chi connectivity index (χ3v) is 5.14. The number of aryl methyl sites for hydroxylation is 1. The number of carbonyl (C=O) groups excluding carboxylic acids is 1. The Morgan fingerprint density at radius 2 is 1.61 bits per heavy atom. The van der Waals surface area contributed by atoms with Crippen LogP contribution < -0.4 is 24.8 Å². The zero-order valence-corrected chi connectivity index (χ0v) is 17.3. The summed E-state index contributed by atoms with van der Waals surface area (Å²) in [6, 6.07) is 7.97. The summed E-state index contributed by atoms with van der Waals surface area (Å²) in [7, 11) is 1.14. The summed E-state index contributed by atoms with van der Waals surface area (Å²) in [6.45, 7) is 1.77. The fourth-order valence-electron chi connectivity index (χ4n) is 2.56. The Hall–Kier alpha value is -2.94. The lowest BCUT2D eigenvalue weighted by Crippen LogP contribution is -2.22. The summed E-state index contributed by atoms with van der Waals surface area (Å²) in [5.41, 5.74) is 1.87. The predicted molar refractivity (Wildman–Crippen MR) is 108 cm³/mol. The van der Waals surface area contributed by atoms with Crippen molar-refractivity contribution in [3.8, 4) is 17.2 Å². The van der Waals surface area contributed by atoms with Gasteiger partial charge in [0.05, 0.1) is 32.8 Å². The highest BCUT2D eigenvalue weighted by atomic mass is 32.2. The molecule has 28 heavy (non-hydrogen) atoms. The van der Waals surface area contributed by atoms with E-state index >= 15 is 0 Å². The van der Waals surface area contributed by atoms with Gasteiger partial charge in [-0.2, -0.15) is 0 Å². The first kappa shape index (κ1) is 21.4. The number of hydrogen-bond acceptors (Lipinski definition) is 7. The molecule has 8 nitrogen and oxygen atoms in total. The van der Waals surface area contributed by atoms with Crippen LogP contribution in [0.25, 0.3) is 0 Å². The lowest BCUT2D eigenvalue weighted by molar-refractivity contribution is -0.114. The minimum absolute atomic E-state index is 0.0509. The molecule has 0 saturated heterocycles. The van der Waals surface area contributed by atoms with Crippen LogP contribution in [-0.2, 0) is 14.6 Å². The van der Waals surface area contributed by atoms with Gasteiger partial charge in [0.25, 0.3) is 0 Å². The molecule has 0 unspecified atom stereocenters. The Kier molecular flexibility index (Phi) is 6.74. The number of methoxy groups -OCH3 is 3. The minimum atomic E-state index is -3.33. The zero-order valence-electron chi connectivity index (χ0n) is 16.5. The molecule has 2 aromatic carbocycles. The predicted octanol–water partition coefficient (Wildman–Crippen LogP) is 2.47. The van der Waals surface area contributed by atoms with E-state index in [1.165, 1.54) is 33.5 Å². The maximum absolute atomic E-state index is 12.3. The summed E-state index contributed by atoms with van der Waals surface area (Å²) >= 11 is 0. The molecule has 2 N–H and O–H groups in total. The van der Waals surface area contributed by atoms with Gasteiger partial charge in [-0.25, -0.2) is 8.42 Å². The standard InChI is InChI=1S/C19H24N2O6S/c1-12-6-7-14(28(5,23)24)10-15(12)20-11-18(22)21-13-8-16(25-2)19(27-4)17(9-13)26-3/h6-10,20H,11H2,1-5H3,(H,21,22). The van der Waals surface area contributed by atoms with Crippen molar-refractivity contribution in [2.45, 2.75) is 11.8 Å². The van der Waals surface area contributed by atoms with Crippen LogP contribution in [0.2, 0.25) is 0 Å². The molecule has 9 heteroatoms. The second kappa shape index (κ2) is 8.83. The number of sulfone groups is 1. The fourth-order valence-corrected chi connectivity index (χ4v) is 3.20. The van der Waals surface area contributed by atoms with Crippen LogP contribution in [-0.4, -0.2) is 48.5 Å². The molecule has 0 aliphatic carbocycles. The second-order valence-electron chi connectivity index (χ2n) is 6.06. The molecule has 0 bridgehead atoms.